The van der Waals surface area contributed by atoms with Crippen LogP contribution in [0.5, 0.6) is 0 Å². The van der Waals surface area contributed by atoms with E-state index in [9.17, 15) is 0 Å². The van der Waals surface area contributed by atoms with Gasteiger partial charge in [0.2, 0.25) is 0 Å². The van der Waals surface area contributed by atoms with Crippen molar-refractivity contribution in [2.24, 2.45) is 5.92 Å². The zero-order chi connectivity index (χ0) is 10.1. The number of hydrogen-bond donors (Lipinski definition) is 1. The molecule has 1 aliphatic rings. The van der Waals surface area contributed by atoms with Crippen molar-refractivity contribution in [3.63, 3.8) is 0 Å². The number of rotatable bonds is 2. The molecule has 1 fully saturated rings. The Hall–Kier alpha value is -0.930. The van der Waals surface area contributed by atoms with E-state index in [2.05, 4.69) is 28.5 Å². The van der Waals surface area contributed by atoms with Crippen LogP contribution in [0.1, 0.15) is 12.0 Å². The number of thiazole rings is 1. The number of para-hydroxylation sites is 1. The average Bonchev–Trinajstić information content (AvgIpc) is 2.87. The summed E-state index contributed by atoms with van der Waals surface area (Å²) in [5.41, 5.74) is 4.58. The number of benzene rings is 1. The van der Waals surface area contributed by atoms with Gasteiger partial charge < -0.3 is 5.32 Å². The number of nitrogens with one attached hydrogen (secondary N) is 1. The number of nitrogens with zero attached hydrogens (tertiary/aromatic N) is 1. The molecule has 3 rings (SSSR count). The van der Waals surface area contributed by atoms with Crippen molar-refractivity contribution in [2.75, 3.05) is 13.1 Å². The Kier molecular flexibility index (Phi) is 2.43. The smallest absolute Gasteiger partial charge is 0.0844 e. The maximum Gasteiger partial charge on any atom is 0.0844 e. The molecule has 0 amide bonds. The van der Waals surface area contributed by atoms with E-state index in [0.29, 0.717) is 0 Å². The Bertz CT molecular complexity index is 457. The normalized spacial score (nSPS) is 21.2. The Labute approximate surface area is 93.3 Å². The summed E-state index contributed by atoms with van der Waals surface area (Å²) in [4.78, 5) is 4.46. The second-order valence-corrected chi connectivity index (χ2v) is 5.07. The topological polar surface area (TPSA) is 24.9 Å². The van der Waals surface area contributed by atoms with Gasteiger partial charge in [0.25, 0.3) is 0 Å². The van der Waals surface area contributed by atoms with Crippen molar-refractivity contribution >= 4 is 21.6 Å². The number of hydrogen-bond acceptors (Lipinski definition) is 3. The van der Waals surface area contributed by atoms with Crippen LogP contribution in [0.15, 0.2) is 23.7 Å². The van der Waals surface area contributed by atoms with E-state index in [1.54, 1.807) is 11.3 Å². The first kappa shape index (κ1) is 9.31. The molecule has 2 aromatic rings. The summed E-state index contributed by atoms with van der Waals surface area (Å²) in [7, 11) is 0. The Morgan fingerprint density at radius 2 is 2.47 bits per heavy atom. The number of fused-ring (bicyclic) bond motifs is 1. The molecule has 0 bridgehead atoms. The van der Waals surface area contributed by atoms with Crippen molar-refractivity contribution < 1.29 is 0 Å². The zero-order valence-electron chi connectivity index (χ0n) is 8.57. The molecule has 1 unspecified atom stereocenters. The summed E-state index contributed by atoms with van der Waals surface area (Å²) in [5, 5.41) is 3.42. The zero-order valence-corrected chi connectivity index (χ0v) is 9.39. The highest BCUT2D eigenvalue weighted by Gasteiger charge is 2.16. The first-order valence-electron chi connectivity index (χ1n) is 5.45. The minimum atomic E-state index is 0.803. The van der Waals surface area contributed by atoms with Gasteiger partial charge in [-0.15, -0.1) is 11.3 Å². The third-order valence-electron chi connectivity index (χ3n) is 3.12. The van der Waals surface area contributed by atoms with E-state index in [1.165, 1.54) is 41.7 Å². The molecule has 1 atom stereocenters. The van der Waals surface area contributed by atoms with E-state index < -0.39 is 0 Å². The van der Waals surface area contributed by atoms with Crippen molar-refractivity contribution in [3.8, 4) is 0 Å². The standard InChI is InChI=1S/C12H14N2S/c1-2-10(6-9-4-5-13-7-9)12-11(3-1)15-8-14-12/h1-3,8-9,13H,4-7H2. The van der Waals surface area contributed by atoms with E-state index in [4.69, 9.17) is 0 Å². The van der Waals surface area contributed by atoms with Crippen molar-refractivity contribution in [3.05, 3.63) is 29.3 Å². The summed E-state index contributed by atoms with van der Waals surface area (Å²) in [6.07, 6.45) is 2.48. The van der Waals surface area contributed by atoms with Gasteiger partial charge in [0.1, 0.15) is 0 Å². The summed E-state index contributed by atoms with van der Waals surface area (Å²) < 4.78 is 1.32. The van der Waals surface area contributed by atoms with Gasteiger partial charge in [-0.25, -0.2) is 4.98 Å². The fourth-order valence-electron chi connectivity index (χ4n) is 2.31. The van der Waals surface area contributed by atoms with Crippen molar-refractivity contribution in [1.82, 2.24) is 10.3 Å². The molecule has 78 valence electrons. The van der Waals surface area contributed by atoms with Gasteiger partial charge in [-0.3, -0.25) is 0 Å². The van der Waals surface area contributed by atoms with Crippen LogP contribution >= 0.6 is 11.3 Å². The van der Waals surface area contributed by atoms with E-state index in [0.717, 1.165) is 5.92 Å². The van der Waals surface area contributed by atoms with Crippen molar-refractivity contribution in [2.45, 2.75) is 12.8 Å². The summed E-state index contributed by atoms with van der Waals surface area (Å²) in [6, 6.07) is 6.53. The average molecular weight is 218 g/mol. The molecular formula is C12H14N2S. The molecule has 0 spiro atoms. The van der Waals surface area contributed by atoms with Gasteiger partial charge in [0, 0.05) is 0 Å². The Morgan fingerprint density at radius 3 is 3.33 bits per heavy atom. The van der Waals surface area contributed by atoms with E-state index >= 15 is 0 Å². The molecule has 0 aliphatic carbocycles. The summed E-state index contributed by atoms with van der Waals surface area (Å²) in [6.45, 7) is 2.35. The third kappa shape index (κ3) is 1.77. The number of aromatic nitrogens is 1. The Balaban J connectivity index is 1.92. The molecule has 1 aromatic carbocycles. The van der Waals surface area contributed by atoms with E-state index in [-0.39, 0.29) is 0 Å². The first-order valence-corrected chi connectivity index (χ1v) is 6.33. The second kappa shape index (κ2) is 3.91. The van der Waals surface area contributed by atoms with Gasteiger partial charge in [-0.2, -0.15) is 0 Å². The van der Waals surface area contributed by atoms with Crippen LogP contribution in [-0.4, -0.2) is 18.1 Å². The van der Waals surface area contributed by atoms with Crippen LogP contribution in [0.4, 0.5) is 0 Å². The quantitative estimate of drug-likeness (QED) is 0.837. The lowest BCUT2D eigenvalue weighted by molar-refractivity contribution is 0.582. The second-order valence-electron chi connectivity index (χ2n) is 4.18. The lowest BCUT2D eigenvalue weighted by Crippen LogP contribution is -2.10. The fourth-order valence-corrected chi connectivity index (χ4v) is 3.03. The van der Waals surface area contributed by atoms with Gasteiger partial charge in [-0.1, -0.05) is 12.1 Å². The van der Waals surface area contributed by atoms with Gasteiger partial charge >= 0.3 is 0 Å². The maximum absolute atomic E-state index is 4.46. The monoisotopic (exact) mass is 218 g/mol. The molecular weight excluding hydrogens is 204 g/mol. The van der Waals surface area contributed by atoms with E-state index in [1.807, 2.05) is 5.51 Å². The molecule has 2 nitrogen and oxygen atoms in total. The molecule has 1 aromatic heterocycles. The molecule has 15 heavy (non-hydrogen) atoms. The predicted molar refractivity (Wildman–Crippen MR) is 64.3 cm³/mol. The molecule has 1 saturated heterocycles. The minimum absolute atomic E-state index is 0.803. The lowest BCUT2D eigenvalue weighted by atomic mass is 9.98. The lowest BCUT2D eigenvalue weighted by Gasteiger charge is -2.08. The fraction of sp³-hybridized carbons (Fsp3) is 0.417. The van der Waals surface area contributed by atoms with Gasteiger partial charge in [0.15, 0.2) is 0 Å². The molecule has 1 N–H and O–H groups in total. The van der Waals surface area contributed by atoms with Crippen LogP contribution in [0.25, 0.3) is 10.2 Å². The van der Waals surface area contributed by atoms with Crippen LogP contribution < -0.4 is 5.32 Å². The molecule has 1 aliphatic heterocycles. The molecule has 0 saturated carbocycles. The minimum Gasteiger partial charge on any atom is -0.316 e. The molecule has 0 radical (unpaired) electrons. The highest BCUT2D eigenvalue weighted by Crippen LogP contribution is 2.24. The predicted octanol–water partition coefficient (Wildman–Crippen LogP) is 2.45. The molecule has 3 heteroatoms. The first-order chi connectivity index (χ1) is 7.43. The highest BCUT2D eigenvalue weighted by molar-refractivity contribution is 7.16. The van der Waals surface area contributed by atoms with Crippen LogP contribution in [0, 0.1) is 5.92 Å². The SMILES string of the molecule is c1cc(CC2CCNC2)c2ncsc2c1. The highest BCUT2D eigenvalue weighted by atomic mass is 32.1. The van der Waals surface area contributed by atoms with Gasteiger partial charge in [-0.05, 0) is 43.5 Å². The summed E-state index contributed by atoms with van der Waals surface area (Å²) >= 11 is 1.73. The van der Waals surface area contributed by atoms with Crippen molar-refractivity contribution in [1.29, 1.82) is 0 Å². The molecule has 2 heterocycles. The van der Waals surface area contributed by atoms with Crippen LogP contribution in [-0.2, 0) is 6.42 Å². The Morgan fingerprint density at radius 1 is 1.47 bits per heavy atom. The van der Waals surface area contributed by atoms with Crippen LogP contribution in [0.2, 0.25) is 0 Å². The van der Waals surface area contributed by atoms with Gasteiger partial charge in [0.05, 0.1) is 15.7 Å². The van der Waals surface area contributed by atoms with Crippen LogP contribution in [0.3, 0.4) is 0 Å². The summed E-state index contributed by atoms with van der Waals surface area (Å²) in [5.74, 6) is 0.803. The maximum atomic E-state index is 4.46. The largest absolute Gasteiger partial charge is 0.316 e. The third-order valence-corrected chi connectivity index (χ3v) is 3.91.